The molecule has 1 aromatic carbocycles. The Balaban J connectivity index is 2.48. The normalized spacial score (nSPS) is 12.4. The van der Waals surface area contributed by atoms with E-state index in [0.29, 0.717) is 17.9 Å². The van der Waals surface area contributed by atoms with Crippen LogP contribution >= 0.6 is 0 Å². The number of nitrogens with one attached hydrogen (secondary N) is 5. The molecule has 0 bridgehead atoms. The van der Waals surface area contributed by atoms with Crippen LogP contribution in [0.1, 0.15) is 34.1 Å². The lowest BCUT2D eigenvalue weighted by molar-refractivity contribution is -0.881. The topological polar surface area (TPSA) is 121 Å². The third-order valence-electron chi connectivity index (χ3n) is 4.05. The first kappa shape index (κ1) is 23.1. The van der Waals surface area contributed by atoms with Crippen LogP contribution in [0.5, 0.6) is 0 Å². The summed E-state index contributed by atoms with van der Waals surface area (Å²) in [5.74, 6) is -0.860. The molecule has 154 valence electrons. The van der Waals surface area contributed by atoms with Crippen LogP contribution in [0.25, 0.3) is 0 Å². The Kier molecular flexibility index (Phi) is 9.66. The zero-order valence-electron chi connectivity index (χ0n) is 16.8. The van der Waals surface area contributed by atoms with Gasteiger partial charge in [-0.05, 0) is 44.5 Å². The first-order valence-electron chi connectivity index (χ1n) is 9.34. The van der Waals surface area contributed by atoms with Gasteiger partial charge in [0.2, 0.25) is 5.91 Å². The van der Waals surface area contributed by atoms with Crippen molar-refractivity contribution in [1.82, 2.24) is 10.6 Å². The number of hydrogen-bond acceptors (Lipinski definition) is 4. The van der Waals surface area contributed by atoms with E-state index in [4.69, 9.17) is 0 Å². The maximum atomic E-state index is 12.2. The van der Waals surface area contributed by atoms with Crippen LogP contribution < -0.4 is 26.2 Å². The lowest BCUT2D eigenvalue weighted by atomic mass is 10.2. The molecule has 0 saturated carbocycles. The fourth-order valence-electron chi connectivity index (χ4n) is 2.34. The van der Waals surface area contributed by atoms with E-state index in [-0.39, 0.29) is 30.9 Å². The van der Waals surface area contributed by atoms with E-state index in [0.717, 1.165) is 11.3 Å². The van der Waals surface area contributed by atoms with Gasteiger partial charge in [0.25, 0.3) is 11.8 Å². The summed E-state index contributed by atoms with van der Waals surface area (Å²) < 4.78 is 0. The monoisotopic (exact) mass is 392 g/mol. The van der Waals surface area contributed by atoms with Crippen molar-refractivity contribution in [2.24, 2.45) is 0 Å². The fraction of sp³-hybridized carbons (Fsp3) is 0.474. The van der Waals surface area contributed by atoms with Gasteiger partial charge in [0, 0.05) is 24.3 Å². The lowest BCUT2D eigenvalue weighted by Crippen LogP contribution is -3.14. The van der Waals surface area contributed by atoms with Crippen LogP contribution in [0.15, 0.2) is 24.3 Å². The molecule has 2 atom stereocenters. The molecule has 0 aromatic heterocycles. The summed E-state index contributed by atoms with van der Waals surface area (Å²) in [7, 11) is 0. The number of amides is 5. The van der Waals surface area contributed by atoms with Gasteiger partial charge in [-0.1, -0.05) is 6.92 Å². The van der Waals surface area contributed by atoms with E-state index in [9.17, 15) is 19.2 Å². The highest BCUT2D eigenvalue weighted by atomic mass is 16.2. The van der Waals surface area contributed by atoms with Crippen LogP contribution in [-0.2, 0) is 14.4 Å². The molecule has 1 aromatic rings. The van der Waals surface area contributed by atoms with E-state index in [1.165, 1.54) is 6.92 Å². The molecule has 0 radical (unpaired) electrons. The van der Waals surface area contributed by atoms with Crippen LogP contribution in [0, 0.1) is 0 Å². The van der Waals surface area contributed by atoms with Gasteiger partial charge in [0.15, 0.2) is 13.1 Å². The second-order valence-electron chi connectivity index (χ2n) is 6.59. The summed E-state index contributed by atoms with van der Waals surface area (Å²) in [6, 6.07) is 6.18. The van der Waals surface area contributed by atoms with Gasteiger partial charge in [0.1, 0.15) is 0 Å². The first-order valence-corrected chi connectivity index (χ1v) is 9.34. The Hall–Kier alpha value is -2.94. The molecule has 0 aliphatic heterocycles. The summed E-state index contributed by atoms with van der Waals surface area (Å²) in [4.78, 5) is 47.6. The molecular weight excluding hydrogens is 362 g/mol. The van der Waals surface area contributed by atoms with Crippen LogP contribution in [-0.4, -0.2) is 49.4 Å². The van der Waals surface area contributed by atoms with Crippen LogP contribution in [0.4, 0.5) is 16.2 Å². The van der Waals surface area contributed by atoms with E-state index >= 15 is 0 Å². The Morgan fingerprint density at radius 3 is 1.96 bits per heavy atom. The summed E-state index contributed by atoms with van der Waals surface area (Å²) >= 11 is 0. The van der Waals surface area contributed by atoms with Crippen molar-refractivity contribution in [3.05, 3.63) is 24.3 Å². The number of imide groups is 1. The van der Waals surface area contributed by atoms with E-state index in [2.05, 4.69) is 21.3 Å². The number of carbonyl (C=O) groups is 4. The fourth-order valence-corrected chi connectivity index (χ4v) is 2.34. The summed E-state index contributed by atoms with van der Waals surface area (Å²) in [5.41, 5.74) is 1.23. The molecule has 9 nitrogen and oxygen atoms in total. The average Bonchev–Trinajstić information content (AvgIpc) is 2.61. The van der Waals surface area contributed by atoms with Crippen molar-refractivity contribution in [2.45, 2.75) is 40.2 Å². The Labute approximate surface area is 165 Å². The third kappa shape index (κ3) is 9.13. The molecule has 9 heteroatoms. The second-order valence-corrected chi connectivity index (χ2v) is 6.59. The molecule has 5 amide bonds. The first-order chi connectivity index (χ1) is 13.2. The number of rotatable bonds is 9. The van der Waals surface area contributed by atoms with E-state index in [1.54, 1.807) is 24.3 Å². The van der Waals surface area contributed by atoms with Crippen molar-refractivity contribution in [1.29, 1.82) is 0 Å². The minimum absolute atomic E-state index is 0.0132. The Morgan fingerprint density at radius 2 is 1.46 bits per heavy atom. The number of anilines is 2. The molecule has 0 aliphatic carbocycles. The maximum Gasteiger partial charge on any atom is 0.321 e. The minimum atomic E-state index is -0.529. The van der Waals surface area contributed by atoms with Gasteiger partial charge < -0.3 is 20.9 Å². The number of likely N-dealkylation sites (N-methyl/N-ethyl adjacent to an activating group) is 1. The third-order valence-corrected chi connectivity index (χ3v) is 4.05. The van der Waals surface area contributed by atoms with Gasteiger partial charge in [-0.2, -0.15) is 0 Å². The molecule has 1 rings (SSSR count). The highest BCUT2D eigenvalue weighted by Crippen LogP contribution is 2.13. The quantitative estimate of drug-likeness (QED) is 0.410. The standard InChI is InChI=1S/C19H29N5O4/c1-5-13(3)20-19(28)23-18(27)12-24(6-2)11-17(26)22-16-9-7-15(8-10-16)21-14(4)25/h7-10,13H,5-6,11-12H2,1-4H3,(H,21,25)(H,22,26)(H2,20,23,27,28)/p+1/t13-/m0/s1. The van der Waals surface area contributed by atoms with Gasteiger partial charge in [0.05, 0.1) is 6.54 Å². The Morgan fingerprint density at radius 1 is 0.929 bits per heavy atom. The van der Waals surface area contributed by atoms with Gasteiger partial charge in [-0.25, -0.2) is 4.79 Å². The number of hydrogen-bond donors (Lipinski definition) is 5. The maximum absolute atomic E-state index is 12.2. The SMILES string of the molecule is CC[C@H](C)NC(=O)NC(=O)C[NH+](CC)CC(=O)Nc1ccc(NC(C)=O)cc1. The highest BCUT2D eigenvalue weighted by Gasteiger charge is 2.18. The summed E-state index contributed by atoms with van der Waals surface area (Å²) in [5, 5.41) is 10.3. The molecule has 0 aliphatic rings. The lowest BCUT2D eigenvalue weighted by Gasteiger charge is -2.17. The van der Waals surface area contributed by atoms with Gasteiger partial charge in [-0.15, -0.1) is 0 Å². The predicted molar refractivity (Wildman–Crippen MR) is 107 cm³/mol. The number of benzene rings is 1. The largest absolute Gasteiger partial charge is 0.335 e. The predicted octanol–water partition coefficient (Wildman–Crippen LogP) is 0.113. The molecule has 1 unspecified atom stereocenters. The van der Waals surface area contributed by atoms with E-state index in [1.807, 2.05) is 20.8 Å². The zero-order valence-corrected chi connectivity index (χ0v) is 16.8. The minimum Gasteiger partial charge on any atom is -0.335 e. The molecule has 0 saturated heterocycles. The molecular formula is C19H30N5O4+. The number of quaternary nitrogens is 1. The van der Waals surface area contributed by atoms with Crippen LogP contribution in [0.2, 0.25) is 0 Å². The zero-order chi connectivity index (χ0) is 21.1. The molecule has 28 heavy (non-hydrogen) atoms. The second kappa shape index (κ2) is 11.7. The molecule has 0 heterocycles. The highest BCUT2D eigenvalue weighted by molar-refractivity contribution is 5.95. The van der Waals surface area contributed by atoms with E-state index < -0.39 is 11.9 Å². The van der Waals surface area contributed by atoms with Crippen molar-refractivity contribution < 1.29 is 24.1 Å². The summed E-state index contributed by atoms with van der Waals surface area (Å²) in [6.07, 6.45) is 0.764. The average molecular weight is 392 g/mol. The molecule has 0 spiro atoms. The van der Waals surface area contributed by atoms with Crippen molar-refractivity contribution in [3.63, 3.8) is 0 Å². The number of carbonyl (C=O) groups excluding carboxylic acids is 4. The summed E-state index contributed by atoms with van der Waals surface area (Å²) in [6.45, 7) is 7.71. The number of urea groups is 1. The van der Waals surface area contributed by atoms with Gasteiger partial charge >= 0.3 is 6.03 Å². The molecule has 0 fully saturated rings. The van der Waals surface area contributed by atoms with Crippen molar-refractivity contribution in [2.75, 3.05) is 30.3 Å². The van der Waals surface area contributed by atoms with Crippen molar-refractivity contribution in [3.8, 4) is 0 Å². The smallest absolute Gasteiger partial charge is 0.321 e. The van der Waals surface area contributed by atoms with Crippen molar-refractivity contribution >= 4 is 35.1 Å². The van der Waals surface area contributed by atoms with Crippen LogP contribution in [0.3, 0.4) is 0 Å². The molecule has 5 N–H and O–H groups in total. The van der Waals surface area contributed by atoms with Gasteiger partial charge in [-0.3, -0.25) is 19.7 Å². The Bertz CT molecular complexity index is 690.